The number of carbonyl (C=O) groups is 3. The zero-order valence-corrected chi connectivity index (χ0v) is 14.8. The van der Waals surface area contributed by atoms with Crippen LogP contribution < -0.4 is 10.6 Å². The van der Waals surface area contributed by atoms with Crippen LogP contribution in [0.25, 0.3) is 0 Å². The molecule has 0 saturated heterocycles. The lowest BCUT2D eigenvalue weighted by Crippen LogP contribution is -2.37. The first kappa shape index (κ1) is 17.1. The van der Waals surface area contributed by atoms with Crippen LogP contribution in [0.5, 0.6) is 0 Å². The summed E-state index contributed by atoms with van der Waals surface area (Å²) >= 11 is 0. The highest BCUT2D eigenvalue weighted by molar-refractivity contribution is 6.22. The molecule has 1 aliphatic carbocycles. The molecule has 138 valence electrons. The third-order valence-corrected chi connectivity index (χ3v) is 4.60. The van der Waals surface area contributed by atoms with Crippen molar-refractivity contribution >= 4 is 23.5 Å². The first-order valence-corrected chi connectivity index (χ1v) is 8.87. The van der Waals surface area contributed by atoms with Crippen molar-refractivity contribution in [2.45, 2.75) is 38.3 Å². The van der Waals surface area contributed by atoms with Crippen LogP contribution >= 0.6 is 0 Å². The highest BCUT2D eigenvalue weighted by Gasteiger charge is 2.44. The van der Waals surface area contributed by atoms with Crippen molar-refractivity contribution in [1.82, 2.24) is 20.2 Å². The van der Waals surface area contributed by atoms with Gasteiger partial charge in [-0.1, -0.05) is 0 Å². The maximum absolute atomic E-state index is 12.5. The second-order valence-corrected chi connectivity index (χ2v) is 6.87. The van der Waals surface area contributed by atoms with Crippen molar-refractivity contribution in [1.29, 1.82) is 0 Å². The van der Waals surface area contributed by atoms with Crippen LogP contribution in [0.15, 0.2) is 36.8 Å². The van der Waals surface area contributed by atoms with Crippen molar-refractivity contribution in [3.05, 3.63) is 53.6 Å². The third kappa shape index (κ3) is 3.51. The minimum Gasteiger partial charge on any atom is -0.335 e. The molecule has 1 fully saturated rings. The normalized spacial score (nSPS) is 16.9. The molecule has 2 heterocycles. The maximum Gasteiger partial charge on any atom is 0.319 e. The Bertz CT molecular complexity index is 911. The molecule has 2 aromatic rings. The van der Waals surface area contributed by atoms with E-state index in [1.165, 1.54) is 4.90 Å². The van der Waals surface area contributed by atoms with Gasteiger partial charge in [-0.05, 0) is 38.0 Å². The fourth-order valence-corrected chi connectivity index (χ4v) is 3.19. The van der Waals surface area contributed by atoms with Crippen LogP contribution in [-0.2, 0) is 6.42 Å². The summed E-state index contributed by atoms with van der Waals surface area (Å²) in [7, 11) is 0. The van der Waals surface area contributed by atoms with Gasteiger partial charge >= 0.3 is 6.03 Å². The minimum atomic E-state index is -0.387. The summed E-state index contributed by atoms with van der Waals surface area (Å²) in [4.78, 5) is 46.5. The lowest BCUT2D eigenvalue weighted by atomic mass is 10.1. The molecule has 1 aromatic carbocycles. The average Bonchev–Trinajstić information content (AvgIpc) is 3.43. The van der Waals surface area contributed by atoms with Crippen molar-refractivity contribution in [2.24, 2.45) is 0 Å². The molecule has 1 aromatic heterocycles. The molecule has 2 aliphatic rings. The average molecular weight is 365 g/mol. The number of urea groups is 1. The van der Waals surface area contributed by atoms with Crippen LogP contribution in [0, 0.1) is 0 Å². The fraction of sp³-hybridized carbons (Fsp3) is 0.316. The van der Waals surface area contributed by atoms with Gasteiger partial charge in [-0.3, -0.25) is 24.5 Å². The Kier molecular flexibility index (Phi) is 4.31. The largest absolute Gasteiger partial charge is 0.335 e. The van der Waals surface area contributed by atoms with Crippen LogP contribution in [-0.4, -0.2) is 44.8 Å². The number of nitrogens with zero attached hydrogens (tertiary/aromatic N) is 3. The lowest BCUT2D eigenvalue weighted by Gasteiger charge is -2.14. The van der Waals surface area contributed by atoms with Gasteiger partial charge in [-0.2, -0.15) is 0 Å². The monoisotopic (exact) mass is 365 g/mol. The minimum absolute atomic E-state index is 0.0269. The molecule has 27 heavy (non-hydrogen) atoms. The summed E-state index contributed by atoms with van der Waals surface area (Å²) in [6, 6.07) is 4.28. The Balaban J connectivity index is 1.39. The van der Waals surface area contributed by atoms with Gasteiger partial charge < -0.3 is 10.6 Å². The zero-order chi connectivity index (χ0) is 19.0. The first-order valence-electron chi connectivity index (χ1n) is 8.87. The molecule has 0 radical (unpaired) electrons. The number of rotatable bonds is 5. The van der Waals surface area contributed by atoms with Crippen LogP contribution in [0.3, 0.4) is 0 Å². The van der Waals surface area contributed by atoms with Gasteiger partial charge in [0.15, 0.2) is 0 Å². The third-order valence-electron chi connectivity index (χ3n) is 4.60. The second kappa shape index (κ2) is 6.79. The number of benzene rings is 1. The molecule has 8 nitrogen and oxygen atoms in total. The van der Waals surface area contributed by atoms with Gasteiger partial charge in [-0.15, -0.1) is 0 Å². The number of amides is 4. The lowest BCUT2D eigenvalue weighted by molar-refractivity contribution is 0.0642. The standard InChI is InChI=1S/C19H19N5O3/c1-11(8-13-10-20-6-7-21-13)22-19(27)23-12-2-5-15-16(9-12)18(26)24(17(15)25)14-3-4-14/h2,5-7,9-11,14H,3-4,8H2,1H3,(H2,22,23,27)/t11-/m1/s1. The second-order valence-electron chi connectivity index (χ2n) is 6.87. The van der Waals surface area contributed by atoms with E-state index in [-0.39, 0.29) is 29.9 Å². The van der Waals surface area contributed by atoms with Gasteiger partial charge in [0.05, 0.1) is 16.8 Å². The maximum atomic E-state index is 12.5. The van der Waals surface area contributed by atoms with E-state index >= 15 is 0 Å². The number of carbonyl (C=O) groups excluding carboxylic acids is 3. The van der Waals surface area contributed by atoms with E-state index in [4.69, 9.17) is 0 Å². The molecule has 1 atom stereocenters. The van der Waals surface area contributed by atoms with Gasteiger partial charge in [0.1, 0.15) is 0 Å². The molecule has 4 amide bonds. The predicted octanol–water partition coefficient (Wildman–Crippen LogP) is 1.99. The van der Waals surface area contributed by atoms with E-state index in [9.17, 15) is 14.4 Å². The Labute approximate surface area is 156 Å². The Morgan fingerprint density at radius 2 is 2.00 bits per heavy atom. The molecule has 0 bridgehead atoms. The number of anilines is 1. The summed E-state index contributed by atoms with van der Waals surface area (Å²) in [5.74, 6) is -0.524. The quantitative estimate of drug-likeness (QED) is 0.789. The van der Waals surface area contributed by atoms with Gasteiger partial charge in [0.2, 0.25) is 0 Å². The van der Waals surface area contributed by atoms with E-state index in [0.717, 1.165) is 18.5 Å². The number of hydrogen-bond acceptors (Lipinski definition) is 5. The fourth-order valence-electron chi connectivity index (χ4n) is 3.19. The van der Waals surface area contributed by atoms with Crippen molar-refractivity contribution in [3.8, 4) is 0 Å². The highest BCUT2D eigenvalue weighted by atomic mass is 16.2. The van der Waals surface area contributed by atoms with Crippen molar-refractivity contribution in [3.63, 3.8) is 0 Å². The van der Waals surface area contributed by atoms with Gasteiger partial charge in [0, 0.05) is 42.8 Å². The Hall–Kier alpha value is -3.29. The van der Waals surface area contributed by atoms with E-state index < -0.39 is 0 Å². The van der Waals surface area contributed by atoms with E-state index in [1.807, 2.05) is 6.92 Å². The summed E-state index contributed by atoms with van der Waals surface area (Å²) in [6.45, 7) is 1.87. The van der Waals surface area contributed by atoms with Crippen LogP contribution in [0.4, 0.5) is 10.5 Å². The summed E-state index contributed by atoms with van der Waals surface area (Å²) in [6.07, 6.45) is 7.14. The SMILES string of the molecule is C[C@H](Cc1cnccn1)NC(=O)Nc1ccc2c(c1)C(=O)N(C1CC1)C2=O. The molecule has 1 aliphatic heterocycles. The number of nitrogens with one attached hydrogen (secondary N) is 2. The van der Waals surface area contributed by atoms with Crippen molar-refractivity contribution < 1.29 is 14.4 Å². The van der Waals surface area contributed by atoms with Gasteiger partial charge in [0.25, 0.3) is 11.8 Å². The molecule has 1 saturated carbocycles. The molecule has 8 heteroatoms. The number of aromatic nitrogens is 2. The molecular formula is C19H19N5O3. The number of fused-ring (bicyclic) bond motifs is 1. The first-order chi connectivity index (χ1) is 13.0. The molecule has 2 N–H and O–H groups in total. The zero-order valence-electron chi connectivity index (χ0n) is 14.8. The predicted molar refractivity (Wildman–Crippen MR) is 97.3 cm³/mol. The van der Waals surface area contributed by atoms with E-state index in [1.54, 1.807) is 36.8 Å². The summed E-state index contributed by atoms with van der Waals surface area (Å²) in [5, 5.41) is 5.54. The molecule has 0 spiro atoms. The van der Waals surface area contributed by atoms with Crippen molar-refractivity contribution in [2.75, 3.05) is 5.32 Å². The molecule has 4 rings (SSSR count). The molecular weight excluding hydrogens is 346 g/mol. The van der Waals surface area contributed by atoms with Crippen LogP contribution in [0.1, 0.15) is 46.2 Å². The topological polar surface area (TPSA) is 104 Å². The summed E-state index contributed by atoms with van der Waals surface area (Å²) in [5.41, 5.74) is 2.00. The summed E-state index contributed by atoms with van der Waals surface area (Å²) < 4.78 is 0. The Morgan fingerprint density at radius 1 is 1.22 bits per heavy atom. The highest BCUT2D eigenvalue weighted by Crippen LogP contribution is 2.35. The number of imide groups is 1. The van der Waals surface area contributed by atoms with E-state index in [0.29, 0.717) is 23.2 Å². The van der Waals surface area contributed by atoms with Crippen LogP contribution in [0.2, 0.25) is 0 Å². The smallest absolute Gasteiger partial charge is 0.319 e. The molecule has 0 unspecified atom stereocenters. The van der Waals surface area contributed by atoms with E-state index in [2.05, 4.69) is 20.6 Å². The number of hydrogen-bond donors (Lipinski definition) is 2. The van der Waals surface area contributed by atoms with Gasteiger partial charge in [-0.25, -0.2) is 4.79 Å². The Morgan fingerprint density at radius 3 is 2.70 bits per heavy atom.